The number of hydrogen-bond acceptors (Lipinski definition) is 6. The average molecular weight is 365 g/mol. The van der Waals surface area contributed by atoms with Gasteiger partial charge in [-0.3, -0.25) is 14.9 Å². The van der Waals surface area contributed by atoms with Crippen molar-refractivity contribution in [3.63, 3.8) is 0 Å². The van der Waals surface area contributed by atoms with Gasteiger partial charge >= 0.3 is 0 Å². The SMILES string of the molecule is CCCC1CC(=O)NC(SCC(=O)Nc2ccc3c(c2)OCCO3)N1. The molecular weight excluding hydrogens is 342 g/mol. The zero-order chi connectivity index (χ0) is 17.6. The van der Waals surface area contributed by atoms with E-state index >= 15 is 0 Å². The maximum atomic E-state index is 12.2. The molecule has 0 bridgehead atoms. The van der Waals surface area contributed by atoms with E-state index in [1.54, 1.807) is 18.2 Å². The third kappa shape index (κ3) is 5.02. The fourth-order valence-corrected chi connectivity index (χ4v) is 3.74. The van der Waals surface area contributed by atoms with Crippen LogP contribution in [-0.4, -0.2) is 42.3 Å². The lowest BCUT2D eigenvalue weighted by Crippen LogP contribution is -2.54. The van der Waals surface area contributed by atoms with Gasteiger partial charge in [-0.15, -0.1) is 11.8 Å². The van der Waals surface area contributed by atoms with Crippen LogP contribution in [0.5, 0.6) is 11.5 Å². The molecule has 2 heterocycles. The maximum Gasteiger partial charge on any atom is 0.234 e. The number of carbonyl (C=O) groups is 2. The van der Waals surface area contributed by atoms with Crippen molar-refractivity contribution >= 4 is 29.3 Å². The molecule has 1 saturated heterocycles. The summed E-state index contributed by atoms with van der Waals surface area (Å²) in [7, 11) is 0. The summed E-state index contributed by atoms with van der Waals surface area (Å²) >= 11 is 1.38. The Balaban J connectivity index is 1.48. The molecule has 2 amide bonds. The van der Waals surface area contributed by atoms with Crippen molar-refractivity contribution in [3.8, 4) is 11.5 Å². The highest BCUT2D eigenvalue weighted by atomic mass is 32.2. The van der Waals surface area contributed by atoms with Gasteiger partial charge in [0.05, 0.1) is 5.75 Å². The Morgan fingerprint density at radius 3 is 2.92 bits per heavy atom. The minimum atomic E-state index is -0.233. The van der Waals surface area contributed by atoms with E-state index in [4.69, 9.17) is 9.47 Å². The van der Waals surface area contributed by atoms with Crippen molar-refractivity contribution in [3.05, 3.63) is 18.2 Å². The molecule has 2 unspecified atom stereocenters. The third-order valence-electron chi connectivity index (χ3n) is 3.96. The van der Waals surface area contributed by atoms with Crippen LogP contribution in [0, 0.1) is 0 Å². The van der Waals surface area contributed by atoms with Crippen LogP contribution in [0.2, 0.25) is 0 Å². The summed E-state index contributed by atoms with van der Waals surface area (Å²) in [6, 6.07) is 5.51. The Morgan fingerprint density at radius 1 is 1.32 bits per heavy atom. The van der Waals surface area contributed by atoms with Crippen LogP contribution < -0.4 is 25.4 Å². The quantitative estimate of drug-likeness (QED) is 0.711. The fourth-order valence-electron chi connectivity index (χ4n) is 2.84. The van der Waals surface area contributed by atoms with Crippen molar-refractivity contribution < 1.29 is 19.1 Å². The van der Waals surface area contributed by atoms with E-state index in [0.717, 1.165) is 12.8 Å². The Bertz CT molecular complexity index is 640. The molecule has 2 atom stereocenters. The van der Waals surface area contributed by atoms with Crippen LogP contribution in [-0.2, 0) is 9.59 Å². The number of anilines is 1. The van der Waals surface area contributed by atoms with Crippen molar-refractivity contribution in [2.45, 2.75) is 37.7 Å². The van der Waals surface area contributed by atoms with E-state index in [1.807, 2.05) is 0 Å². The molecule has 8 heteroatoms. The molecule has 1 aromatic rings. The lowest BCUT2D eigenvalue weighted by molar-refractivity contribution is -0.123. The van der Waals surface area contributed by atoms with E-state index in [1.165, 1.54) is 11.8 Å². The van der Waals surface area contributed by atoms with Crippen molar-refractivity contribution in [2.24, 2.45) is 0 Å². The van der Waals surface area contributed by atoms with Crippen LogP contribution in [0.25, 0.3) is 0 Å². The summed E-state index contributed by atoms with van der Waals surface area (Å²) < 4.78 is 11.0. The maximum absolute atomic E-state index is 12.2. The first-order chi connectivity index (χ1) is 12.1. The molecule has 136 valence electrons. The normalized spacial score (nSPS) is 22.2. The zero-order valence-corrected chi connectivity index (χ0v) is 15.0. The number of fused-ring (bicyclic) bond motifs is 1. The smallest absolute Gasteiger partial charge is 0.234 e. The van der Waals surface area contributed by atoms with E-state index in [9.17, 15) is 9.59 Å². The third-order valence-corrected chi connectivity index (χ3v) is 4.97. The second kappa shape index (κ2) is 8.44. The summed E-state index contributed by atoms with van der Waals surface area (Å²) in [5.41, 5.74) is 0.433. The molecule has 7 nitrogen and oxygen atoms in total. The summed E-state index contributed by atoms with van der Waals surface area (Å²) in [5, 5.41) is 9.06. The van der Waals surface area contributed by atoms with Gasteiger partial charge < -0.3 is 20.1 Å². The molecule has 0 spiro atoms. The largest absolute Gasteiger partial charge is 0.486 e. The summed E-state index contributed by atoms with van der Waals surface area (Å²) in [5.74, 6) is 1.47. The van der Waals surface area contributed by atoms with Gasteiger partial charge in [0.1, 0.15) is 18.7 Å². The molecule has 2 aliphatic rings. The lowest BCUT2D eigenvalue weighted by Gasteiger charge is -2.30. The van der Waals surface area contributed by atoms with E-state index in [0.29, 0.717) is 36.8 Å². The average Bonchev–Trinajstić information content (AvgIpc) is 2.60. The van der Waals surface area contributed by atoms with E-state index in [-0.39, 0.29) is 29.1 Å². The van der Waals surface area contributed by atoms with Crippen molar-refractivity contribution in [1.82, 2.24) is 10.6 Å². The number of benzene rings is 1. The highest BCUT2D eigenvalue weighted by Crippen LogP contribution is 2.32. The second-order valence-electron chi connectivity index (χ2n) is 6.02. The van der Waals surface area contributed by atoms with Crippen LogP contribution >= 0.6 is 11.8 Å². The number of carbonyl (C=O) groups excluding carboxylic acids is 2. The molecule has 3 N–H and O–H groups in total. The molecule has 2 aliphatic heterocycles. The zero-order valence-electron chi connectivity index (χ0n) is 14.2. The highest BCUT2D eigenvalue weighted by Gasteiger charge is 2.25. The standard InChI is InChI=1S/C17H23N3O4S/c1-2-3-11-9-15(21)20-17(19-11)25-10-16(22)18-12-4-5-13-14(8-12)24-7-6-23-13/h4-5,8,11,17,19H,2-3,6-7,9-10H2,1H3,(H,18,22)(H,20,21). The number of rotatable bonds is 6. The first-order valence-corrected chi connectivity index (χ1v) is 9.55. The van der Waals surface area contributed by atoms with Gasteiger partial charge in [0.25, 0.3) is 0 Å². The molecule has 1 fully saturated rings. The Hall–Kier alpha value is -1.93. The molecule has 0 radical (unpaired) electrons. The predicted octanol–water partition coefficient (Wildman–Crippen LogP) is 1.69. The number of thioether (sulfide) groups is 1. The molecule has 1 aromatic carbocycles. The van der Waals surface area contributed by atoms with E-state index < -0.39 is 0 Å². The molecule has 3 rings (SSSR count). The fraction of sp³-hybridized carbons (Fsp3) is 0.529. The van der Waals surface area contributed by atoms with Crippen LogP contribution in [0.15, 0.2) is 18.2 Å². The molecule has 25 heavy (non-hydrogen) atoms. The van der Waals surface area contributed by atoms with Gasteiger partial charge in [0.2, 0.25) is 11.8 Å². The van der Waals surface area contributed by atoms with Crippen molar-refractivity contribution in [2.75, 3.05) is 24.3 Å². The summed E-state index contributed by atoms with van der Waals surface area (Å²) in [6.07, 6.45) is 2.47. The summed E-state index contributed by atoms with van der Waals surface area (Å²) in [4.78, 5) is 23.9. The van der Waals surface area contributed by atoms with Crippen LogP contribution in [0.3, 0.4) is 0 Å². The molecular formula is C17H23N3O4S. The minimum Gasteiger partial charge on any atom is -0.486 e. The van der Waals surface area contributed by atoms with Crippen LogP contribution in [0.4, 0.5) is 5.69 Å². The predicted molar refractivity (Wildman–Crippen MR) is 96.9 cm³/mol. The topological polar surface area (TPSA) is 88.7 Å². The first-order valence-electron chi connectivity index (χ1n) is 8.50. The summed E-state index contributed by atoms with van der Waals surface area (Å²) in [6.45, 7) is 3.14. The second-order valence-corrected chi connectivity index (χ2v) is 7.11. The number of nitrogens with one attached hydrogen (secondary N) is 3. The molecule has 0 aromatic heterocycles. The van der Waals surface area contributed by atoms with Gasteiger partial charge in [-0.05, 0) is 18.6 Å². The number of ether oxygens (including phenoxy) is 2. The van der Waals surface area contributed by atoms with Crippen molar-refractivity contribution in [1.29, 1.82) is 0 Å². The molecule has 0 saturated carbocycles. The van der Waals surface area contributed by atoms with Gasteiger partial charge in [0.15, 0.2) is 11.5 Å². The van der Waals surface area contributed by atoms with E-state index in [2.05, 4.69) is 22.9 Å². The van der Waals surface area contributed by atoms with Gasteiger partial charge in [-0.25, -0.2) is 0 Å². The van der Waals surface area contributed by atoms with Crippen LogP contribution in [0.1, 0.15) is 26.2 Å². The van der Waals surface area contributed by atoms with Gasteiger partial charge in [-0.1, -0.05) is 13.3 Å². The highest BCUT2D eigenvalue weighted by molar-refractivity contribution is 8.00. The van der Waals surface area contributed by atoms with Gasteiger partial charge in [0, 0.05) is 24.2 Å². The Kier molecular flexibility index (Phi) is 6.04. The Labute approximate surface area is 151 Å². The minimum absolute atomic E-state index is 0.0296. The van der Waals surface area contributed by atoms with Gasteiger partial charge in [-0.2, -0.15) is 0 Å². The first kappa shape index (κ1) is 17.9. The number of amides is 2. The lowest BCUT2D eigenvalue weighted by atomic mass is 10.1. The number of hydrogen-bond donors (Lipinski definition) is 3. The monoisotopic (exact) mass is 365 g/mol. The Morgan fingerprint density at radius 2 is 2.12 bits per heavy atom. The molecule has 0 aliphatic carbocycles.